The van der Waals surface area contributed by atoms with E-state index in [-0.39, 0.29) is 22.0 Å². The first-order valence-electron chi connectivity index (χ1n) is 7.63. The fourth-order valence-electron chi connectivity index (χ4n) is 2.17. The van der Waals surface area contributed by atoms with Gasteiger partial charge in [-0.15, -0.1) is 0 Å². The van der Waals surface area contributed by atoms with Crippen molar-refractivity contribution in [3.8, 4) is 5.75 Å². The molecule has 132 valence electrons. The Hall–Kier alpha value is -2.73. The van der Waals surface area contributed by atoms with Crippen LogP contribution < -0.4 is 15.8 Å². The Balaban J connectivity index is 1.99. The highest BCUT2D eigenvalue weighted by atomic mass is 35.5. The molecular weight excluding hydrogens is 344 g/mol. The number of ether oxygens (including phenoxy) is 2. The Kier molecular flexibility index (Phi) is 6.25. The highest BCUT2D eigenvalue weighted by Crippen LogP contribution is 2.29. The molecule has 25 heavy (non-hydrogen) atoms. The number of aryl methyl sites for hydroxylation is 1. The molecule has 2 rings (SSSR count). The molecule has 7 heteroatoms. The third-order valence-corrected chi connectivity index (χ3v) is 3.82. The second-order valence-corrected chi connectivity index (χ2v) is 5.66. The van der Waals surface area contributed by atoms with Crippen molar-refractivity contribution in [2.75, 3.05) is 24.8 Å². The summed E-state index contributed by atoms with van der Waals surface area (Å²) in [6.07, 6.45) is 0.858. The maximum Gasteiger partial charge on any atom is 0.342 e. The fourth-order valence-corrected chi connectivity index (χ4v) is 2.34. The third kappa shape index (κ3) is 4.87. The van der Waals surface area contributed by atoms with E-state index in [2.05, 4.69) is 5.32 Å². The third-order valence-electron chi connectivity index (χ3n) is 3.49. The van der Waals surface area contributed by atoms with E-state index < -0.39 is 18.5 Å². The van der Waals surface area contributed by atoms with E-state index in [1.54, 1.807) is 6.07 Å². The quantitative estimate of drug-likeness (QED) is 0.607. The summed E-state index contributed by atoms with van der Waals surface area (Å²) in [6.45, 7) is 1.59. The number of rotatable bonds is 6. The van der Waals surface area contributed by atoms with Gasteiger partial charge in [-0.2, -0.15) is 0 Å². The summed E-state index contributed by atoms with van der Waals surface area (Å²) in [6, 6.07) is 10.2. The molecule has 0 saturated carbocycles. The summed E-state index contributed by atoms with van der Waals surface area (Å²) < 4.78 is 10.1. The number of halogens is 1. The molecule has 0 aliphatic heterocycles. The Labute approximate surface area is 150 Å². The SMILES string of the molecule is CCc1cccc(NC(=O)COC(=O)c2cc(Cl)c(N)cc2OC)c1. The van der Waals surface area contributed by atoms with E-state index in [1.807, 2.05) is 25.1 Å². The van der Waals surface area contributed by atoms with Crippen LogP contribution in [-0.4, -0.2) is 25.6 Å². The number of esters is 1. The second-order valence-electron chi connectivity index (χ2n) is 5.25. The van der Waals surface area contributed by atoms with Crippen molar-refractivity contribution in [3.63, 3.8) is 0 Å². The minimum Gasteiger partial charge on any atom is -0.496 e. The van der Waals surface area contributed by atoms with Crippen LogP contribution in [0.5, 0.6) is 5.75 Å². The molecule has 1 amide bonds. The number of nitrogens with one attached hydrogen (secondary N) is 1. The van der Waals surface area contributed by atoms with Gasteiger partial charge in [0, 0.05) is 11.8 Å². The first kappa shape index (κ1) is 18.6. The van der Waals surface area contributed by atoms with Gasteiger partial charge in [0.1, 0.15) is 11.3 Å². The van der Waals surface area contributed by atoms with Gasteiger partial charge in [-0.3, -0.25) is 4.79 Å². The number of nitrogens with two attached hydrogens (primary N) is 1. The molecule has 0 heterocycles. The number of benzene rings is 2. The minimum atomic E-state index is -0.726. The van der Waals surface area contributed by atoms with Crippen molar-refractivity contribution in [1.82, 2.24) is 0 Å². The highest BCUT2D eigenvalue weighted by molar-refractivity contribution is 6.33. The lowest BCUT2D eigenvalue weighted by Gasteiger charge is -2.11. The van der Waals surface area contributed by atoms with E-state index in [4.69, 9.17) is 26.8 Å². The molecular formula is C18H19ClN2O4. The van der Waals surface area contributed by atoms with Gasteiger partial charge in [0.25, 0.3) is 5.91 Å². The number of hydrogen-bond acceptors (Lipinski definition) is 5. The van der Waals surface area contributed by atoms with E-state index in [0.717, 1.165) is 12.0 Å². The molecule has 0 saturated heterocycles. The number of amides is 1. The number of methoxy groups -OCH3 is 1. The molecule has 0 aromatic heterocycles. The van der Waals surface area contributed by atoms with E-state index >= 15 is 0 Å². The first-order valence-corrected chi connectivity index (χ1v) is 8.01. The molecule has 0 radical (unpaired) electrons. The Morgan fingerprint density at radius 3 is 2.68 bits per heavy atom. The fraction of sp³-hybridized carbons (Fsp3) is 0.222. The molecule has 2 aromatic rings. The molecule has 2 aromatic carbocycles. The summed E-state index contributed by atoms with van der Waals surface area (Å²) in [5, 5.41) is 2.88. The average molecular weight is 363 g/mol. The average Bonchev–Trinajstić information content (AvgIpc) is 2.61. The van der Waals surface area contributed by atoms with Gasteiger partial charge >= 0.3 is 5.97 Å². The normalized spacial score (nSPS) is 10.2. The van der Waals surface area contributed by atoms with Crippen LogP contribution >= 0.6 is 11.6 Å². The van der Waals surface area contributed by atoms with Gasteiger partial charge < -0.3 is 20.5 Å². The van der Waals surface area contributed by atoms with Crippen molar-refractivity contribution in [2.24, 2.45) is 0 Å². The minimum absolute atomic E-state index is 0.0995. The monoisotopic (exact) mass is 362 g/mol. The van der Waals surface area contributed by atoms with Crippen LogP contribution in [0.25, 0.3) is 0 Å². The number of carbonyl (C=O) groups excluding carboxylic acids is 2. The summed E-state index contributed by atoms with van der Waals surface area (Å²) in [7, 11) is 1.40. The Morgan fingerprint density at radius 1 is 1.24 bits per heavy atom. The predicted molar refractivity (Wildman–Crippen MR) is 97.1 cm³/mol. The van der Waals surface area contributed by atoms with Crippen LogP contribution in [0.15, 0.2) is 36.4 Å². The Morgan fingerprint density at radius 2 is 2.00 bits per heavy atom. The van der Waals surface area contributed by atoms with Gasteiger partial charge in [-0.25, -0.2) is 4.79 Å². The number of nitrogen functional groups attached to an aromatic ring is 1. The zero-order chi connectivity index (χ0) is 18.4. The van der Waals surface area contributed by atoms with Crippen LogP contribution in [0.1, 0.15) is 22.8 Å². The van der Waals surface area contributed by atoms with Crippen LogP contribution in [0.3, 0.4) is 0 Å². The first-order chi connectivity index (χ1) is 11.9. The molecule has 0 unspecified atom stereocenters. The molecule has 3 N–H and O–H groups in total. The van der Waals surface area contributed by atoms with Crippen LogP contribution in [0.4, 0.5) is 11.4 Å². The zero-order valence-corrected chi connectivity index (χ0v) is 14.7. The topological polar surface area (TPSA) is 90.7 Å². The van der Waals surface area contributed by atoms with E-state index in [9.17, 15) is 9.59 Å². The lowest BCUT2D eigenvalue weighted by Crippen LogP contribution is -2.21. The lowest BCUT2D eigenvalue weighted by atomic mass is 10.1. The van der Waals surface area contributed by atoms with E-state index in [0.29, 0.717) is 5.69 Å². The second kappa shape index (κ2) is 8.39. The number of anilines is 2. The van der Waals surface area contributed by atoms with Crippen LogP contribution in [-0.2, 0) is 16.0 Å². The van der Waals surface area contributed by atoms with Crippen molar-refractivity contribution in [3.05, 3.63) is 52.5 Å². The number of hydrogen-bond donors (Lipinski definition) is 2. The summed E-state index contributed by atoms with van der Waals surface area (Å²) >= 11 is 5.92. The molecule has 0 aliphatic rings. The molecule has 0 bridgehead atoms. The van der Waals surface area contributed by atoms with Gasteiger partial charge in [-0.1, -0.05) is 30.7 Å². The summed E-state index contributed by atoms with van der Waals surface area (Å²) in [4.78, 5) is 24.1. The molecule has 6 nitrogen and oxygen atoms in total. The van der Waals surface area contributed by atoms with Crippen LogP contribution in [0, 0.1) is 0 Å². The number of carbonyl (C=O) groups is 2. The molecule has 0 fully saturated rings. The standard InChI is InChI=1S/C18H19ClN2O4/c1-3-11-5-4-6-12(7-11)21-17(22)10-25-18(23)13-8-14(19)15(20)9-16(13)24-2/h4-9H,3,10,20H2,1-2H3,(H,21,22). The van der Waals surface area contributed by atoms with Crippen LogP contribution in [0.2, 0.25) is 5.02 Å². The highest BCUT2D eigenvalue weighted by Gasteiger charge is 2.17. The van der Waals surface area contributed by atoms with Gasteiger partial charge in [-0.05, 0) is 30.2 Å². The predicted octanol–water partition coefficient (Wildman–Crippen LogP) is 3.29. The molecule has 0 atom stereocenters. The Bertz CT molecular complexity index is 793. The van der Waals surface area contributed by atoms with Gasteiger partial charge in [0.2, 0.25) is 0 Å². The summed E-state index contributed by atoms with van der Waals surface area (Å²) in [5.41, 5.74) is 7.79. The summed E-state index contributed by atoms with van der Waals surface area (Å²) in [5.74, 6) is -0.943. The van der Waals surface area contributed by atoms with Crippen molar-refractivity contribution >= 4 is 34.9 Å². The van der Waals surface area contributed by atoms with Crippen molar-refractivity contribution in [1.29, 1.82) is 0 Å². The van der Waals surface area contributed by atoms with Crippen molar-refractivity contribution in [2.45, 2.75) is 13.3 Å². The zero-order valence-electron chi connectivity index (χ0n) is 14.0. The van der Waals surface area contributed by atoms with Gasteiger partial charge in [0.05, 0.1) is 17.8 Å². The smallest absolute Gasteiger partial charge is 0.342 e. The maximum absolute atomic E-state index is 12.2. The van der Waals surface area contributed by atoms with Gasteiger partial charge in [0.15, 0.2) is 6.61 Å². The van der Waals surface area contributed by atoms with E-state index in [1.165, 1.54) is 19.2 Å². The largest absolute Gasteiger partial charge is 0.496 e. The lowest BCUT2D eigenvalue weighted by molar-refractivity contribution is -0.119. The molecule has 0 spiro atoms. The maximum atomic E-state index is 12.2. The molecule has 0 aliphatic carbocycles. The van der Waals surface area contributed by atoms with Crippen molar-refractivity contribution < 1.29 is 19.1 Å².